The van der Waals surface area contributed by atoms with Crippen LogP contribution in [0.5, 0.6) is 0 Å². The van der Waals surface area contributed by atoms with Crippen molar-refractivity contribution in [1.29, 1.82) is 0 Å². The molecule has 2 aliphatic rings. The van der Waals surface area contributed by atoms with Gasteiger partial charge in [0.05, 0.1) is 0 Å². The number of carbonyl (C=O) groups excluding carboxylic acids is 1. The summed E-state index contributed by atoms with van der Waals surface area (Å²) in [6, 6.07) is 0.365. The first-order valence-corrected chi connectivity index (χ1v) is 4.86. The van der Waals surface area contributed by atoms with E-state index in [0.29, 0.717) is 12.5 Å². The molecule has 4 atom stereocenters. The molecule has 1 amide bonds. The number of nitrogens with one attached hydrogen (secondary N) is 1. The molecule has 4 heteroatoms. The highest BCUT2D eigenvalue weighted by molar-refractivity contribution is 5.82. The van der Waals surface area contributed by atoms with Crippen molar-refractivity contribution in [2.24, 2.45) is 11.7 Å². The molecule has 0 spiro atoms. The van der Waals surface area contributed by atoms with Crippen LogP contribution in [0.4, 0.5) is 0 Å². The second kappa shape index (κ2) is 3.27. The Kier molecular flexibility index (Phi) is 2.26. The van der Waals surface area contributed by atoms with E-state index in [9.17, 15) is 4.79 Å². The van der Waals surface area contributed by atoms with Crippen molar-refractivity contribution in [2.75, 3.05) is 6.61 Å². The number of ether oxygens (including phenoxy) is 1. The Hall–Kier alpha value is -0.610. The maximum absolute atomic E-state index is 11.6. The summed E-state index contributed by atoms with van der Waals surface area (Å²) in [5.41, 5.74) is 5.59. The molecule has 13 heavy (non-hydrogen) atoms. The van der Waals surface area contributed by atoms with Crippen molar-refractivity contribution >= 4 is 5.91 Å². The molecule has 1 saturated carbocycles. The van der Waals surface area contributed by atoms with Gasteiger partial charge in [-0.05, 0) is 18.8 Å². The van der Waals surface area contributed by atoms with E-state index < -0.39 is 0 Å². The van der Waals surface area contributed by atoms with Gasteiger partial charge in [0.25, 0.3) is 0 Å². The van der Waals surface area contributed by atoms with E-state index in [1.807, 2.05) is 6.92 Å². The lowest BCUT2D eigenvalue weighted by Crippen LogP contribution is -2.40. The normalized spacial score (nSPS) is 43.2. The summed E-state index contributed by atoms with van der Waals surface area (Å²) in [7, 11) is 0. The van der Waals surface area contributed by atoms with Gasteiger partial charge in [-0.1, -0.05) is 6.92 Å². The fraction of sp³-hybridized carbons (Fsp3) is 0.889. The van der Waals surface area contributed by atoms with Crippen LogP contribution in [-0.2, 0) is 9.53 Å². The van der Waals surface area contributed by atoms with Crippen LogP contribution in [0, 0.1) is 5.92 Å². The molecule has 2 rings (SSSR count). The number of carbonyl (C=O) groups is 1. The van der Waals surface area contributed by atoms with E-state index in [4.69, 9.17) is 10.5 Å². The molecule has 4 unspecified atom stereocenters. The lowest BCUT2D eigenvalue weighted by molar-refractivity contribution is -0.131. The van der Waals surface area contributed by atoms with Gasteiger partial charge in [-0.2, -0.15) is 0 Å². The average molecular weight is 184 g/mol. The summed E-state index contributed by atoms with van der Waals surface area (Å²) >= 11 is 0. The second-order valence-electron chi connectivity index (χ2n) is 4.07. The third-order valence-electron chi connectivity index (χ3n) is 2.81. The Balaban J connectivity index is 1.82. The number of nitrogens with two attached hydrogens (primary N) is 1. The number of hydrogen-bond acceptors (Lipinski definition) is 3. The van der Waals surface area contributed by atoms with Gasteiger partial charge in [0.1, 0.15) is 6.10 Å². The van der Waals surface area contributed by atoms with E-state index in [2.05, 4.69) is 5.32 Å². The van der Waals surface area contributed by atoms with Crippen LogP contribution >= 0.6 is 0 Å². The molecule has 1 aliphatic carbocycles. The summed E-state index contributed by atoms with van der Waals surface area (Å²) in [5.74, 6) is 0.359. The van der Waals surface area contributed by atoms with Crippen LogP contribution in [-0.4, -0.2) is 30.7 Å². The third-order valence-corrected chi connectivity index (χ3v) is 2.81. The molecular weight excluding hydrogens is 168 g/mol. The van der Waals surface area contributed by atoms with E-state index in [1.54, 1.807) is 0 Å². The van der Waals surface area contributed by atoms with Crippen LogP contribution in [0.3, 0.4) is 0 Å². The predicted octanol–water partition coefficient (Wildman–Crippen LogP) is -0.373. The molecule has 0 aromatic heterocycles. The fourth-order valence-corrected chi connectivity index (χ4v) is 1.68. The van der Waals surface area contributed by atoms with E-state index in [-0.39, 0.29) is 24.1 Å². The number of hydrogen-bond donors (Lipinski definition) is 2. The molecule has 0 bridgehead atoms. The van der Waals surface area contributed by atoms with Crippen LogP contribution < -0.4 is 11.1 Å². The molecular formula is C9H16N2O2. The summed E-state index contributed by atoms with van der Waals surface area (Å²) < 4.78 is 5.34. The van der Waals surface area contributed by atoms with Crippen LogP contribution in [0.1, 0.15) is 19.8 Å². The summed E-state index contributed by atoms with van der Waals surface area (Å²) in [4.78, 5) is 11.6. The first-order valence-electron chi connectivity index (χ1n) is 4.86. The van der Waals surface area contributed by atoms with Gasteiger partial charge in [0.15, 0.2) is 0 Å². The third kappa shape index (κ3) is 1.84. The zero-order chi connectivity index (χ0) is 9.42. The minimum atomic E-state index is -0.243. The maximum atomic E-state index is 11.6. The molecule has 0 aromatic rings. The topological polar surface area (TPSA) is 64.3 Å². The minimum absolute atomic E-state index is 0.0166. The fourth-order valence-electron chi connectivity index (χ4n) is 1.68. The Morgan fingerprint density at radius 3 is 2.77 bits per heavy atom. The standard InChI is InChI=1S/C9H16N2O2/c1-5-2-3-13-8(5)9(12)11-7-4-6(7)10/h5-8H,2-4,10H2,1H3,(H,11,12). The molecule has 74 valence electrons. The second-order valence-corrected chi connectivity index (χ2v) is 4.07. The lowest BCUT2D eigenvalue weighted by atomic mass is 10.0. The number of rotatable bonds is 2. The highest BCUT2D eigenvalue weighted by atomic mass is 16.5. The van der Waals surface area contributed by atoms with Crippen molar-refractivity contribution in [3.05, 3.63) is 0 Å². The molecule has 3 N–H and O–H groups in total. The van der Waals surface area contributed by atoms with E-state index in [0.717, 1.165) is 12.8 Å². The molecule has 0 aromatic carbocycles. The van der Waals surface area contributed by atoms with Crippen molar-refractivity contribution in [2.45, 2.75) is 38.0 Å². The minimum Gasteiger partial charge on any atom is -0.368 e. The largest absolute Gasteiger partial charge is 0.368 e. The lowest BCUT2D eigenvalue weighted by Gasteiger charge is -2.13. The molecule has 1 heterocycles. The van der Waals surface area contributed by atoms with Gasteiger partial charge >= 0.3 is 0 Å². The van der Waals surface area contributed by atoms with Gasteiger partial charge in [-0.3, -0.25) is 4.79 Å². The van der Waals surface area contributed by atoms with Crippen molar-refractivity contribution in [3.8, 4) is 0 Å². The van der Waals surface area contributed by atoms with Gasteiger partial charge in [-0.15, -0.1) is 0 Å². The average Bonchev–Trinajstić information content (AvgIpc) is 2.62. The molecule has 2 fully saturated rings. The van der Waals surface area contributed by atoms with E-state index >= 15 is 0 Å². The zero-order valence-electron chi connectivity index (χ0n) is 7.82. The van der Waals surface area contributed by atoms with Gasteiger partial charge in [0, 0.05) is 18.7 Å². The van der Waals surface area contributed by atoms with Crippen molar-refractivity contribution in [3.63, 3.8) is 0 Å². The first kappa shape index (κ1) is 8.97. The Labute approximate surface area is 77.8 Å². The highest BCUT2D eigenvalue weighted by Gasteiger charge is 2.38. The molecule has 4 nitrogen and oxygen atoms in total. The Bertz CT molecular complexity index is 220. The molecule has 1 saturated heterocycles. The van der Waals surface area contributed by atoms with Gasteiger partial charge in [-0.25, -0.2) is 0 Å². The van der Waals surface area contributed by atoms with Gasteiger partial charge < -0.3 is 15.8 Å². The quantitative estimate of drug-likeness (QED) is 0.615. The molecule has 1 aliphatic heterocycles. The Morgan fingerprint density at radius 1 is 1.62 bits per heavy atom. The van der Waals surface area contributed by atoms with E-state index in [1.165, 1.54) is 0 Å². The van der Waals surface area contributed by atoms with Crippen LogP contribution in [0.15, 0.2) is 0 Å². The summed E-state index contributed by atoms with van der Waals surface area (Å²) in [5, 5.41) is 2.89. The van der Waals surface area contributed by atoms with Crippen molar-refractivity contribution in [1.82, 2.24) is 5.32 Å². The van der Waals surface area contributed by atoms with Gasteiger partial charge in [0.2, 0.25) is 5.91 Å². The highest BCUT2D eigenvalue weighted by Crippen LogP contribution is 2.23. The number of amides is 1. The first-order chi connectivity index (χ1) is 6.18. The maximum Gasteiger partial charge on any atom is 0.249 e. The smallest absolute Gasteiger partial charge is 0.249 e. The van der Waals surface area contributed by atoms with Crippen LogP contribution in [0.25, 0.3) is 0 Å². The van der Waals surface area contributed by atoms with Crippen molar-refractivity contribution < 1.29 is 9.53 Å². The monoisotopic (exact) mass is 184 g/mol. The zero-order valence-corrected chi connectivity index (χ0v) is 7.82. The predicted molar refractivity (Wildman–Crippen MR) is 48.0 cm³/mol. The SMILES string of the molecule is CC1CCOC1C(=O)NC1CC1N. The summed E-state index contributed by atoms with van der Waals surface area (Å²) in [6.07, 6.45) is 1.65. The Morgan fingerprint density at radius 2 is 2.31 bits per heavy atom. The molecule has 0 radical (unpaired) electrons. The summed E-state index contributed by atoms with van der Waals surface area (Å²) in [6.45, 7) is 2.75. The van der Waals surface area contributed by atoms with Crippen LogP contribution in [0.2, 0.25) is 0 Å².